The van der Waals surface area contributed by atoms with Crippen molar-refractivity contribution in [3.63, 3.8) is 0 Å². The number of carbonyl (C=O) groups is 1. The maximum Gasteiger partial charge on any atom is 0.232 e. The van der Waals surface area contributed by atoms with Crippen LogP contribution < -0.4 is 10.6 Å². The highest BCUT2D eigenvalue weighted by Crippen LogP contribution is 2.16. The van der Waals surface area contributed by atoms with Gasteiger partial charge in [0.1, 0.15) is 0 Å². The third-order valence-corrected chi connectivity index (χ3v) is 3.70. The molecule has 4 heteroatoms. The Bertz CT molecular complexity index is 238. The van der Waals surface area contributed by atoms with E-state index in [4.69, 9.17) is 0 Å². The van der Waals surface area contributed by atoms with E-state index in [1.54, 1.807) is 0 Å². The third kappa shape index (κ3) is 5.30. The Labute approximate surface area is 111 Å². The Balaban J connectivity index is 2.44. The number of rotatable bonds is 5. The van der Waals surface area contributed by atoms with E-state index < -0.39 is 0 Å². The van der Waals surface area contributed by atoms with Crippen LogP contribution in [0.1, 0.15) is 46.5 Å². The van der Waals surface area contributed by atoms with Crippen LogP contribution >= 0.6 is 12.6 Å². The molecule has 100 valence electrons. The Morgan fingerprint density at radius 1 is 1.41 bits per heavy atom. The summed E-state index contributed by atoms with van der Waals surface area (Å²) in [5.41, 5.74) is 0. The molecule has 3 nitrogen and oxygen atoms in total. The van der Waals surface area contributed by atoms with Crippen LogP contribution in [0.4, 0.5) is 0 Å². The third-order valence-electron chi connectivity index (χ3n) is 3.46. The van der Waals surface area contributed by atoms with Gasteiger partial charge in [0.2, 0.25) is 5.91 Å². The van der Waals surface area contributed by atoms with E-state index in [-0.39, 0.29) is 17.2 Å². The molecular weight excluding hydrogens is 232 g/mol. The summed E-state index contributed by atoms with van der Waals surface area (Å²) in [6.07, 6.45) is 4.85. The molecule has 0 aromatic rings. The van der Waals surface area contributed by atoms with E-state index in [1.165, 1.54) is 19.3 Å². The van der Waals surface area contributed by atoms with Crippen LogP contribution in [0, 0.1) is 5.92 Å². The molecule has 0 radical (unpaired) electrons. The van der Waals surface area contributed by atoms with Gasteiger partial charge >= 0.3 is 0 Å². The number of hydrogen-bond acceptors (Lipinski definition) is 3. The Hall–Kier alpha value is -0.220. The summed E-state index contributed by atoms with van der Waals surface area (Å²) in [6.45, 7) is 7.26. The van der Waals surface area contributed by atoms with Gasteiger partial charge in [0, 0.05) is 12.1 Å². The summed E-state index contributed by atoms with van der Waals surface area (Å²) in [4.78, 5) is 11.7. The molecule has 1 amide bonds. The fraction of sp³-hybridized carbons (Fsp3) is 0.923. The topological polar surface area (TPSA) is 41.1 Å². The normalized spacial score (nSPS) is 24.4. The highest BCUT2D eigenvalue weighted by Gasteiger charge is 2.23. The highest BCUT2D eigenvalue weighted by molar-refractivity contribution is 7.81. The lowest BCUT2D eigenvalue weighted by Crippen LogP contribution is -2.46. The minimum Gasteiger partial charge on any atom is -0.352 e. The molecule has 1 unspecified atom stereocenters. The van der Waals surface area contributed by atoms with Crippen LogP contribution in [0.15, 0.2) is 0 Å². The quantitative estimate of drug-likeness (QED) is 0.660. The van der Waals surface area contributed by atoms with Gasteiger partial charge in [0.15, 0.2) is 0 Å². The van der Waals surface area contributed by atoms with Crippen molar-refractivity contribution in [2.24, 2.45) is 5.92 Å². The summed E-state index contributed by atoms with van der Waals surface area (Å²) in [5, 5.41) is 6.42. The largest absolute Gasteiger partial charge is 0.352 e. The molecule has 3 atom stereocenters. The molecule has 1 saturated heterocycles. The molecule has 17 heavy (non-hydrogen) atoms. The Kier molecular flexibility index (Phi) is 6.34. The Morgan fingerprint density at radius 2 is 2.12 bits per heavy atom. The predicted octanol–water partition coefficient (Wildman–Crippen LogP) is 1.98. The monoisotopic (exact) mass is 258 g/mol. The molecule has 0 spiro atoms. The Morgan fingerprint density at radius 3 is 2.59 bits per heavy atom. The van der Waals surface area contributed by atoms with E-state index >= 15 is 0 Å². The van der Waals surface area contributed by atoms with E-state index in [1.807, 2.05) is 6.92 Å². The SMILES string of the molecule is CC(S)C(=O)N[C@@H](C[C@@H]1CCCCN1)C(C)C. The van der Waals surface area contributed by atoms with E-state index in [0.29, 0.717) is 12.0 Å². The number of thiol groups is 1. The minimum absolute atomic E-state index is 0.0443. The van der Waals surface area contributed by atoms with Crippen molar-refractivity contribution in [2.45, 2.75) is 63.8 Å². The van der Waals surface area contributed by atoms with E-state index in [0.717, 1.165) is 13.0 Å². The first-order chi connectivity index (χ1) is 8.00. The number of hydrogen-bond donors (Lipinski definition) is 3. The van der Waals surface area contributed by atoms with Crippen molar-refractivity contribution in [3.8, 4) is 0 Å². The molecule has 1 fully saturated rings. The van der Waals surface area contributed by atoms with Crippen LogP contribution in [-0.4, -0.2) is 29.8 Å². The number of amides is 1. The van der Waals surface area contributed by atoms with Crippen LogP contribution in [0.25, 0.3) is 0 Å². The second-order valence-corrected chi connectivity index (χ2v) is 6.19. The molecule has 1 aliphatic heterocycles. The van der Waals surface area contributed by atoms with Gasteiger partial charge in [-0.15, -0.1) is 0 Å². The first kappa shape index (κ1) is 14.8. The fourth-order valence-electron chi connectivity index (χ4n) is 2.23. The molecular formula is C13H26N2OS. The lowest BCUT2D eigenvalue weighted by atomic mass is 9.92. The van der Waals surface area contributed by atoms with Gasteiger partial charge in [-0.25, -0.2) is 0 Å². The first-order valence-electron chi connectivity index (χ1n) is 6.72. The zero-order valence-electron chi connectivity index (χ0n) is 11.2. The van der Waals surface area contributed by atoms with Crippen molar-refractivity contribution in [1.82, 2.24) is 10.6 Å². The zero-order chi connectivity index (χ0) is 12.8. The van der Waals surface area contributed by atoms with Crippen LogP contribution in [-0.2, 0) is 4.79 Å². The average molecular weight is 258 g/mol. The summed E-state index contributed by atoms with van der Waals surface area (Å²) >= 11 is 4.17. The number of piperidine rings is 1. The molecule has 2 N–H and O–H groups in total. The van der Waals surface area contributed by atoms with E-state index in [9.17, 15) is 4.79 Å². The first-order valence-corrected chi connectivity index (χ1v) is 7.24. The molecule has 0 saturated carbocycles. The maximum absolute atomic E-state index is 11.7. The molecule has 0 bridgehead atoms. The standard InChI is InChI=1S/C13H26N2OS/c1-9(2)12(15-13(16)10(3)17)8-11-6-4-5-7-14-11/h9-12,14,17H,4-8H2,1-3H3,(H,15,16)/t10?,11-,12-/m0/s1. The second-order valence-electron chi connectivity index (χ2n) is 5.42. The average Bonchev–Trinajstić information content (AvgIpc) is 2.29. The second kappa shape index (κ2) is 7.27. The summed E-state index contributed by atoms with van der Waals surface area (Å²) in [6, 6.07) is 0.819. The van der Waals surface area contributed by atoms with Crippen molar-refractivity contribution in [2.75, 3.05) is 6.54 Å². The smallest absolute Gasteiger partial charge is 0.232 e. The fourth-order valence-corrected chi connectivity index (χ4v) is 2.31. The van der Waals surface area contributed by atoms with Crippen molar-refractivity contribution >= 4 is 18.5 Å². The summed E-state index contributed by atoms with van der Waals surface area (Å²) in [5.74, 6) is 0.512. The van der Waals surface area contributed by atoms with Crippen LogP contribution in [0.5, 0.6) is 0 Å². The van der Waals surface area contributed by atoms with Gasteiger partial charge in [-0.05, 0) is 38.6 Å². The van der Waals surface area contributed by atoms with Gasteiger partial charge < -0.3 is 10.6 Å². The molecule has 1 aliphatic rings. The molecule has 0 aromatic heterocycles. The zero-order valence-corrected chi connectivity index (χ0v) is 12.1. The molecule has 1 rings (SSSR count). The van der Waals surface area contributed by atoms with Gasteiger partial charge in [-0.2, -0.15) is 12.6 Å². The van der Waals surface area contributed by atoms with Gasteiger partial charge in [0.05, 0.1) is 5.25 Å². The lowest BCUT2D eigenvalue weighted by Gasteiger charge is -2.30. The minimum atomic E-state index is -0.226. The molecule has 0 aliphatic carbocycles. The van der Waals surface area contributed by atoms with Crippen LogP contribution in [0.3, 0.4) is 0 Å². The van der Waals surface area contributed by atoms with Crippen molar-refractivity contribution in [1.29, 1.82) is 0 Å². The maximum atomic E-state index is 11.7. The van der Waals surface area contributed by atoms with Gasteiger partial charge in [0.25, 0.3) is 0 Å². The van der Waals surface area contributed by atoms with Crippen molar-refractivity contribution < 1.29 is 4.79 Å². The molecule has 0 aromatic carbocycles. The van der Waals surface area contributed by atoms with E-state index in [2.05, 4.69) is 37.1 Å². The lowest BCUT2D eigenvalue weighted by molar-refractivity contribution is -0.121. The van der Waals surface area contributed by atoms with Gasteiger partial charge in [-0.3, -0.25) is 4.79 Å². The molecule has 1 heterocycles. The predicted molar refractivity (Wildman–Crippen MR) is 75.5 cm³/mol. The number of nitrogens with one attached hydrogen (secondary N) is 2. The number of carbonyl (C=O) groups excluding carboxylic acids is 1. The van der Waals surface area contributed by atoms with Crippen LogP contribution in [0.2, 0.25) is 0 Å². The highest BCUT2D eigenvalue weighted by atomic mass is 32.1. The summed E-state index contributed by atoms with van der Waals surface area (Å²) in [7, 11) is 0. The van der Waals surface area contributed by atoms with Gasteiger partial charge in [-0.1, -0.05) is 20.3 Å². The van der Waals surface area contributed by atoms with Crippen molar-refractivity contribution in [3.05, 3.63) is 0 Å². The summed E-state index contributed by atoms with van der Waals surface area (Å²) < 4.78 is 0.